The summed E-state index contributed by atoms with van der Waals surface area (Å²) in [6, 6.07) is 12.0. The van der Waals surface area contributed by atoms with Gasteiger partial charge in [0.1, 0.15) is 5.54 Å². The maximum Gasteiger partial charge on any atom is 0.405 e. The number of carbonyl (C=O) groups is 3. The summed E-state index contributed by atoms with van der Waals surface area (Å²) in [5, 5.41) is 25.0. The van der Waals surface area contributed by atoms with Crippen molar-refractivity contribution < 1.29 is 24.6 Å². The standard InChI is InChI=1S/C26H30Cl2N4O5/c1-31(23(34)12-16-5-6-20(27)21(28)11-16)22(15-32-10-7-19(33)14-32)17-3-2-4-18(13-17)29-24(35)26(8-9-26)30-25(36)37/h2-6,11,13,19,22,30,33H,7-10,12,14-15H2,1H3,(H,29,35)(H,36,37)/t19-,22?/m0/s1. The normalized spacial score (nSPS) is 19.2. The highest BCUT2D eigenvalue weighted by Crippen LogP contribution is 2.37. The van der Waals surface area contributed by atoms with Gasteiger partial charge in [-0.1, -0.05) is 41.4 Å². The predicted octanol–water partition coefficient (Wildman–Crippen LogP) is 3.54. The Bertz CT molecular complexity index is 1190. The molecule has 0 aromatic heterocycles. The molecule has 1 aliphatic heterocycles. The lowest BCUT2D eigenvalue weighted by molar-refractivity contribution is -0.131. The first-order valence-electron chi connectivity index (χ1n) is 12.1. The maximum absolute atomic E-state index is 13.3. The fourth-order valence-corrected chi connectivity index (χ4v) is 4.93. The Labute approximate surface area is 225 Å². The van der Waals surface area contributed by atoms with Crippen molar-refractivity contribution in [3.05, 3.63) is 63.6 Å². The first kappa shape index (κ1) is 27.2. The van der Waals surface area contributed by atoms with Crippen molar-refractivity contribution in [2.45, 2.75) is 43.4 Å². The average molecular weight is 549 g/mol. The van der Waals surface area contributed by atoms with Crippen LogP contribution in [-0.4, -0.2) is 76.2 Å². The number of β-amino-alcohol motifs (C(OH)–C–C–N with tert-alkyl or cyclic N) is 1. The van der Waals surface area contributed by atoms with Crippen LogP contribution >= 0.6 is 23.2 Å². The second-order valence-electron chi connectivity index (χ2n) is 9.74. The Morgan fingerprint density at radius 3 is 2.54 bits per heavy atom. The number of amides is 3. The van der Waals surface area contributed by atoms with Gasteiger partial charge in [-0.3, -0.25) is 14.5 Å². The third-order valence-electron chi connectivity index (χ3n) is 6.94. The van der Waals surface area contributed by atoms with Crippen LogP contribution in [0.5, 0.6) is 0 Å². The Hall–Kier alpha value is -2.85. The van der Waals surface area contributed by atoms with Crippen molar-refractivity contribution in [3.8, 4) is 0 Å². The van der Waals surface area contributed by atoms with E-state index in [9.17, 15) is 19.5 Å². The third-order valence-corrected chi connectivity index (χ3v) is 7.68. The summed E-state index contributed by atoms with van der Waals surface area (Å²) >= 11 is 12.1. The number of nitrogens with one attached hydrogen (secondary N) is 2. The van der Waals surface area contributed by atoms with Crippen LogP contribution in [0.4, 0.5) is 10.5 Å². The third kappa shape index (κ3) is 6.73. The van der Waals surface area contributed by atoms with Crippen LogP contribution in [0.25, 0.3) is 0 Å². The number of carbonyl (C=O) groups excluding carboxylic acids is 2. The van der Waals surface area contributed by atoms with E-state index in [0.717, 1.165) is 11.1 Å². The van der Waals surface area contributed by atoms with E-state index in [0.29, 0.717) is 54.6 Å². The average Bonchev–Trinajstić information content (AvgIpc) is 3.51. The molecule has 2 aromatic rings. The first-order chi connectivity index (χ1) is 17.6. The number of likely N-dealkylation sites (N-methyl/N-ethyl adjacent to an activating group) is 1. The van der Waals surface area contributed by atoms with Gasteiger partial charge in [0.2, 0.25) is 11.8 Å². The topological polar surface area (TPSA) is 122 Å². The van der Waals surface area contributed by atoms with Gasteiger partial charge in [-0.2, -0.15) is 0 Å². The fraction of sp³-hybridized carbons (Fsp3) is 0.423. The van der Waals surface area contributed by atoms with E-state index in [4.69, 9.17) is 28.3 Å². The number of hydrogen-bond donors (Lipinski definition) is 4. The molecule has 4 rings (SSSR count). The monoisotopic (exact) mass is 548 g/mol. The lowest BCUT2D eigenvalue weighted by Crippen LogP contribution is -2.45. The molecule has 0 bridgehead atoms. The van der Waals surface area contributed by atoms with Crippen LogP contribution in [0.3, 0.4) is 0 Å². The van der Waals surface area contributed by atoms with Crippen molar-refractivity contribution in [1.82, 2.24) is 15.1 Å². The van der Waals surface area contributed by atoms with Crippen molar-refractivity contribution in [2.75, 3.05) is 32.0 Å². The molecule has 1 saturated carbocycles. The summed E-state index contributed by atoms with van der Waals surface area (Å²) in [6.07, 6.45) is 0.0404. The molecule has 2 atom stereocenters. The SMILES string of the molecule is CN(C(=O)Cc1ccc(Cl)c(Cl)c1)C(CN1CC[C@H](O)C1)c1cccc(NC(=O)C2(NC(=O)O)CC2)c1. The summed E-state index contributed by atoms with van der Waals surface area (Å²) in [5.41, 5.74) is 0.959. The zero-order chi connectivity index (χ0) is 26.7. The van der Waals surface area contributed by atoms with Gasteiger partial charge in [-0.25, -0.2) is 4.79 Å². The molecular weight excluding hydrogens is 519 g/mol. The summed E-state index contributed by atoms with van der Waals surface area (Å²) in [7, 11) is 1.73. The molecule has 1 unspecified atom stereocenters. The van der Waals surface area contributed by atoms with Gasteiger partial charge in [0.05, 0.1) is 28.6 Å². The fourth-order valence-electron chi connectivity index (χ4n) is 4.61. The molecule has 11 heteroatoms. The minimum atomic E-state index is -1.24. The van der Waals surface area contributed by atoms with Gasteiger partial charge in [0, 0.05) is 32.4 Å². The minimum Gasteiger partial charge on any atom is -0.465 e. The number of likely N-dealkylation sites (tertiary alicyclic amines) is 1. The second kappa shape index (κ2) is 11.3. The quantitative estimate of drug-likeness (QED) is 0.380. The number of carboxylic acid groups (broad SMARTS) is 1. The van der Waals surface area contributed by atoms with Gasteiger partial charge in [0.15, 0.2) is 0 Å². The van der Waals surface area contributed by atoms with Crippen LogP contribution < -0.4 is 10.6 Å². The number of benzene rings is 2. The van der Waals surface area contributed by atoms with Gasteiger partial charge < -0.3 is 25.7 Å². The molecule has 2 aromatic carbocycles. The summed E-state index contributed by atoms with van der Waals surface area (Å²) in [5.74, 6) is -0.532. The van der Waals surface area contributed by atoms with E-state index in [1.807, 2.05) is 6.07 Å². The molecule has 37 heavy (non-hydrogen) atoms. The van der Waals surface area contributed by atoms with E-state index < -0.39 is 23.6 Å². The number of rotatable bonds is 9. The van der Waals surface area contributed by atoms with Crippen molar-refractivity contribution in [2.24, 2.45) is 0 Å². The molecule has 1 aliphatic carbocycles. The smallest absolute Gasteiger partial charge is 0.405 e. The summed E-state index contributed by atoms with van der Waals surface area (Å²) in [6.45, 7) is 1.74. The van der Waals surface area contributed by atoms with E-state index in [1.165, 1.54) is 0 Å². The molecule has 2 fully saturated rings. The van der Waals surface area contributed by atoms with Crippen LogP contribution in [-0.2, 0) is 16.0 Å². The van der Waals surface area contributed by atoms with Gasteiger partial charge in [0.25, 0.3) is 0 Å². The van der Waals surface area contributed by atoms with E-state index in [-0.39, 0.29) is 18.4 Å². The second-order valence-corrected chi connectivity index (χ2v) is 10.6. The Morgan fingerprint density at radius 1 is 1.16 bits per heavy atom. The van der Waals surface area contributed by atoms with E-state index >= 15 is 0 Å². The zero-order valence-corrected chi connectivity index (χ0v) is 21.9. The molecule has 1 saturated heterocycles. The highest BCUT2D eigenvalue weighted by molar-refractivity contribution is 6.42. The Balaban J connectivity index is 1.54. The Kier molecular flexibility index (Phi) is 8.28. The van der Waals surface area contributed by atoms with Crippen molar-refractivity contribution >= 4 is 46.8 Å². The lowest BCUT2D eigenvalue weighted by atomic mass is 10.0. The lowest BCUT2D eigenvalue weighted by Gasteiger charge is -2.32. The van der Waals surface area contributed by atoms with Gasteiger partial charge in [-0.15, -0.1) is 0 Å². The van der Waals surface area contributed by atoms with E-state index in [1.54, 1.807) is 48.3 Å². The molecule has 9 nitrogen and oxygen atoms in total. The molecule has 2 aliphatic rings. The number of halogens is 2. The summed E-state index contributed by atoms with van der Waals surface area (Å²) in [4.78, 5) is 40.9. The highest BCUT2D eigenvalue weighted by atomic mass is 35.5. The number of hydrogen-bond acceptors (Lipinski definition) is 5. The first-order valence-corrected chi connectivity index (χ1v) is 12.8. The van der Waals surface area contributed by atoms with Gasteiger partial charge in [-0.05, 0) is 54.7 Å². The van der Waals surface area contributed by atoms with Crippen LogP contribution in [0.1, 0.15) is 36.4 Å². The van der Waals surface area contributed by atoms with Crippen molar-refractivity contribution in [1.29, 1.82) is 0 Å². The number of nitrogens with zero attached hydrogens (tertiary/aromatic N) is 2. The molecule has 4 N–H and O–H groups in total. The molecule has 3 amide bonds. The minimum absolute atomic E-state index is 0.125. The van der Waals surface area contributed by atoms with Crippen LogP contribution in [0.2, 0.25) is 10.0 Å². The van der Waals surface area contributed by atoms with Gasteiger partial charge >= 0.3 is 6.09 Å². The molecular formula is C26H30Cl2N4O5. The number of aliphatic hydroxyl groups is 1. The van der Waals surface area contributed by atoms with Crippen molar-refractivity contribution in [3.63, 3.8) is 0 Å². The molecule has 0 radical (unpaired) electrons. The molecule has 0 spiro atoms. The highest BCUT2D eigenvalue weighted by Gasteiger charge is 2.51. The largest absolute Gasteiger partial charge is 0.465 e. The number of anilines is 1. The van der Waals surface area contributed by atoms with Crippen LogP contribution in [0.15, 0.2) is 42.5 Å². The number of aliphatic hydroxyl groups excluding tert-OH is 1. The zero-order valence-electron chi connectivity index (χ0n) is 20.4. The molecule has 198 valence electrons. The van der Waals surface area contributed by atoms with Crippen LogP contribution in [0, 0.1) is 0 Å². The maximum atomic E-state index is 13.3. The summed E-state index contributed by atoms with van der Waals surface area (Å²) < 4.78 is 0. The predicted molar refractivity (Wildman–Crippen MR) is 141 cm³/mol. The van der Waals surface area contributed by atoms with E-state index in [2.05, 4.69) is 15.5 Å². The molecule has 1 heterocycles. The Morgan fingerprint density at radius 2 is 1.92 bits per heavy atom.